The van der Waals surface area contributed by atoms with E-state index in [1.54, 1.807) is 38.1 Å². The van der Waals surface area contributed by atoms with Gasteiger partial charge in [-0.25, -0.2) is 16.8 Å². The number of nitrogens with zero attached hydrogens (tertiary/aromatic N) is 2. The molecule has 32 heavy (non-hydrogen) atoms. The molecule has 0 radical (unpaired) electrons. The van der Waals surface area contributed by atoms with Crippen LogP contribution in [0.5, 0.6) is 5.75 Å². The molecule has 11 heteroatoms. The second-order valence-corrected chi connectivity index (χ2v) is 11.2. The van der Waals surface area contributed by atoms with Crippen LogP contribution in [0.4, 0.5) is 11.4 Å². The van der Waals surface area contributed by atoms with E-state index in [-0.39, 0.29) is 17.2 Å². The van der Waals surface area contributed by atoms with Crippen molar-refractivity contribution in [3.05, 3.63) is 48.5 Å². The number of rotatable bonds is 8. The van der Waals surface area contributed by atoms with Crippen molar-refractivity contribution in [1.29, 1.82) is 0 Å². The third-order valence-electron chi connectivity index (χ3n) is 5.19. The highest BCUT2D eigenvalue weighted by atomic mass is 32.2. The van der Waals surface area contributed by atoms with Gasteiger partial charge < -0.3 is 10.1 Å². The van der Waals surface area contributed by atoms with Crippen LogP contribution >= 0.6 is 0 Å². The molecule has 1 unspecified atom stereocenters. The average Bonchev–Trinajstić information content (AvgIpc) is 2.79. The highest BCUT2D eigenvalue weighted by Gasteiger charge is 2.36. The van der Waals surface area contributed by atoms with Crippen LogP contribution < -0.4 is 14.4 Å². The highest BCUT2D eigenvalue weighted by Crippen LogP contribution is 2.35. The van der Waals surface area contributed by atoms with Crippen LogP contribution in [-0.2, 0) is 24.8 Å². The van der Waals surface area contributed by atoms with Crippen LogP contribution in [0.25, 0.3) is 0 Å². The molecule has 2 aromatic carbocycles. The van der Waals surface area contributed by atoms with Crippen molar-refractivity contribution in [3.8, 4) is 5.75 Å². The van der Waals surface area contributed by atoms with E-state index in [9.17, 15) is 21.6 Å². The zero-order valence-electron chi connectivity index (χ0n) is 18.2. The summed E-state index contributed by atoms with van der Waals surface area (Å²) in [4.78, 5) is 13.0. The van der Waals surface area contributed by atoms with Gasteiger partial charge in [-0.05, 0) is 43.3 Å². The number of hydrogen-bond acceptors (Lipinski definition) is 6. The van der Waals surface area contributed by atoms with Gasteiger partial charge in [0.05, 0.1) is 22.9 Å². The van der Waals surface area contributed by atoms with Crippen LogP contribution in [0.2, 0.25) is 0 Å². The summed E-state index contributed by atoms with van der Waals surface area (Å²) in [5, 5.41) is 2.67. The molecule has 0 aromatic heterocycles. The lowest BCUT2D eigenvalue weighted by atomic mass is 10.2. The maximum atomic E-state index is 12.8. The maximum absolute atomic E-state index is 12.8. The van der Waals surface area contributed by atoms with E-state index in [0.717, 1.165) is 0 Å². The molecular weight excluding hydrogens is 454 g/mol. The number of sulfonamides is 2. The summed E-state index contributed by atoms with van der Waals surface area (Å²) >= 11 is 0. The van der Waals surface area contributed by atoms with E-state index in [4.69, 9.17) is 4.74 Å². The van der Waals surface area contributed by atoms with Gasteiger partial charge in [0.1, 0.15) is 5.75 Å². The third kappa shape index (κ3) is 4.74. The Morgan fingerprint density at radius 2 is 1.66 bits per heavy atom. The van der Waals surface area contributed by atoms with Gasteiger partial charge in [-0.3, -0.25) is 9.10 Å². The number of hydrogen-bond donors (Lipinski definition) is 1. The Kier molecular flexibility index (Phi) is 7.11. The van der Waals surface area contributed by atoms with Crippen molar-refractivity contribution in [2.75, 3.05) is 35.0 Å². The predicted octanol–water partition coefficient (Wildman–Crippen LogP) is 2.27. The van der Waals surface area contributed by atoms with Crippen LogP contribution in [0, 0.1) is 0 Å². The van der Waals surface area contributed by atoms with Gasteiger partial charge in [0.15, 0.2) is 6.10 Å². The molecule has 1 heterocycles. The molecule has 1 N–H and O–H groups in total. The first-order chi connectivity index (χ1) is 15.1. The molecule has 1 amide bonds. The van der Waals surface area contributed by atoms with Crippen molar-refractivity contribution in [2.24, 2.45) is 0 Å². The van der Waals surface area contributed by atoms with Gasteiger partial charge in [0, 0.05) is 18.8 Å². The number of fused-ring (bicyclic) bond motifs is 1. The molecule has 2 aromatic rings. The maximum Gasteiger partial charge on any atom is 0.267 e. The SMILES string of the molecule is CCN(CC)S(=O)(=O)c1ccc(NC(=O)C2CN(S(=O)(=O)CC)c3ccccc3O2)cc1. The van der Waals surface area contributed by atoms with Crippen molar-refractivity contribution in [2.45, 2.75) is 31.8 Å². The Morgan fingerprint density at radius 1 is 1.03 bits per heavy atom. The van der Waals surface area contributed by atoms with Gasteiger partial charge in [0.25, 0.3) is 5.91 Å². The number of para-hydroxylation sites is 2. The molecule has 1 atom stereocenters. The zero-order chi connectivity index (χ0) is 23.5. The Morgan fingerprint density at radius 3 is 2.25 bits per heavy atom. The molecular formula is C21H27N3O6S2. The topological polar surface area (TPSA) is 113 Å². The minimum absolute atomic E-state index is 0.113. The fraction of sp³-hybridized carbons (Fsp3) is 0.381. The van der Waals surface area contributed by atoms with Crippen LogP contribution in [0.15, 0.2) is 53.4 Å². The van der Waals surface area contributed by atoms with E-state index in [2.05, 4.69) is 5.32 Å². The first kappa shape index (κ1) is 24.0. The Bertz CT molecular complexity index is 1180. The van der Waals surface area contributed by atoms with Crippen LogP contribution in [0.3, 0.4) is 0 Å². The number of carbonyl (C=O) groups is 1. The molecule has 0 spiro atoms. The minimum Gasteiger partial charge on any atom is -0.476 e. The summed E-state index contributed by atoms with van der Waals surface area (Å²) in [5.41, 5.74) is 0.769. The summed E-state index contributed by atoms with van der Waals surface area (Å²) in [5.74, 6) is -0.343. The first-order valence-electron chi connectivity index (χ1n) is 10.3. The zero-order valence-corrected chi connectivity index (χ0v) is 19.8. The number of ether oxygens (including phenoxy) is 1. The first-order valence-corrected chi connectivity index (χ1v) is 13.4. The van der Waals surface area contributed by atoms with E-state index in [0.29, 0.717) is 30.2 Å². The molecule has 174 valence electrons. The molecule has 0 aliphatic carbocycles. The van der Waals surface area contributed by atoms with E-state index >= 15 is 0 Å². The number of benzene rings is 2. The number of amides is 1. The van der Waals surface area contributed by atoms with Crippen molar-refractivity contribution in [1.82, 2.24) is 4.31 Å². The fourth-order valence-corrected chi connectivity index (χ4v) is 5.99. The quantitative estimate of drug-likeness (QED) is 0.619. The molecule has 0 saturated carbocycles. The smallest absolute Gasteiger partial charge is 0.267 e. The summed E-state index contributed by atoms with van der Waals surface area (Å²) < 4.78 is 58.6. The summed E-state index contributed by atoms with van der Waals surface area (Å²) in [6.45, 7) is 5.62. The molecule has 0 bridgehead atoms. The Hall–Kier alpha value is -2.63. The largest absolute Gasteiger partial charge is 0.476 e. The fourth-order valence-electron chi connectivity index (χ4n) is 3.40. The van der Waals surface area contributed by atoms with E-state index < -0.39 is 32.1 Å². The Labute approximate surface area is 189 Å². The lowest BCUT2D eigenvalue weighted by molar-refractivity contribution is -0.122. The molecule has 0 saturated heterocycles. The van der Waals surface area contributed by atoms with Crippen LogP contribution in [-0.4, -0.2) is 58.5 Å². The normalized spacial score (nSPS) is 16.4. The second kappa shape index (κ2) is 9.47. The van der Waals surface area contributed by atoms with E-state index in [1.165, 1.54) is 39.8 Å². The molecule has 9 nitrogen and oxygen atoms in total. The second-order valence-electron chi connectivity index (χ2n) is 7.11. The van der Waals surface area contributed by atoms with Crippen LogP contribution in [0.1, 0.15) is 20.8 Å². The van der Waals surface area contributed by atoms with Gasteiger partial charge in [-0.1, -0.05) is 26.0 Å². The van der Waals surface area contributed by atoms with Crippen molar-refractivity contribution >= 4 is 37.3 Å². The van der Waals surface area contributed by atoms with Gasteiger partial charge >= 0.3 is 0 Å². The van der Waals surface area contributed by atoms with Crippen molar-refractivity contribution < 1.29 is 26.4 Å². The standard InChI is InChI=1S/C21H27N3O6S2/c1-4-23(5-2)32(28,29)17-13-11-16(12-14-17)22-21(25)20-15-24(31(26,27)6-3)18-9-7-8-10-19(18)30-20/h7-14,20H,4-6,15H2,1-3H3,(H,22,25). The monoisotopic (exact) mass is 481 g/mol. The summed E-state index contributed by atoms with van der Waals surface area (Å²) in [6.07, 6.45) is -1.06. The molecule has 1 aliphatic heterocycles. The predicted molar refractivity (Wildman–Crippen MR) is 123 cm³/mol. The van der Waals surface area contributed by atoms with Crippen molar-refractivity contribution in [3.63, 3.8) is 0 Å². The third-order valence-corrected chi connectivity index (χ3v) is 9.00. The highest BCUT2D eigenvalue weighted by molar-refractivity contribution is 7.92. The number of anilines is 2. The number of carbonyl (C=O) groups excluding carboxylic acids is 1. The average molecular weight is 482 g/mol. The number of nitrogens with one attached hydrogen (secondary N) is 1. The summed E-state index contributed by atoms with van der Waals surface area (Å²) in [7, 11) is -7.21. The van der Waals surface area contributed by atoms with Gasteiger partial charge in [-0.15, -0.1) is 0 Å². The summed E-state index contributed by atoms with van der Waals surface area (Å²) in [6, 6.07) is 12.5. The van der Waals surface area contributed by atoms with E-state index in [1.807, 2.05) is 0 Å². The lowest BCUT2D eigenvalue weighted by Gasteiger charge is -2.34. The lowest BCUT2D eigenvalue weighted by Crippen LogP contribution is -2.49. The molecule has 0 fully saturated rings. The Balaban J connectivity index is 1.79. The minimum atomic E-state index is -3.61. The molecule has 1 aliphatic rings. The molecule has 3 rings (SSSR count). The van der Waals surface area contributed by atoms with Gasteiger partial charge in [-0.2, -0.15) is 4.31 Å². The van der Waals surface area contributed by atoms with Gasteiger partial charge in [0.2, 0.25) is 20.0 Å².